The van der Waals surface area contributed by atoms with Crippen molar-refractivity contribution in [1.29, 1.82) is 0 Å². The molecule has 1 aromatic rings. The van der Waals surface area contributed by atoms with Crippen LogP contribution in [0.3, 0.4) is 0 Å². The Kier molecular flexibility index (Phi) is 1.33. The van der Waals surface area contributed by atoms with E-state index in [-0.39, 0.29) is 0 Å². The van der Waals surface area contributed by atoms with Crippen molar-refractivity contribution in [3.05, 3.63) is 23.6 Å². The number of aromatic hydroxyl groups is 1. The molecule has 0 aliphatic carbocycles. The van der Waals surface area contributed by atoms with Gasteiger partial charge in [-0.2, -0.15) is 0 Å². The molecule has 1 N–H and O–H groups in total. The molecule has 0 aromatic carbocycles. The summed E-state index contributed by atoms with van der Waals surface area (Å²) in [6, 6.07) is 1.72. The van der Waals surface area contributed by atoms with E-state index in [0.29, 0.717) is 5.75 Å². The fourth-order valence-corrected chi connectivity index (χ4v) is 0.628. The average molecular weight is 106 g/mol. The van der Waals surface area contributed by atoms with Gasteiger partial charge < -0.3 is 0 Å². The molecule has 1 heterocycles. The first-order valence-electron chi connectivity index (χ1n) is 2.54. The molecule has 0 aliphatic heterocycles. The maximum absolute atomic E-state index is 8.81. The second-order valence-electron chi connectivity index (χ2n) is 1.84. The Balaban J connectivity index is 3.08. The molecule has 0 aliphatic rings. The Morgan fingerprint density at radius 3 is 2.62 bits per heavy atom. The van der Waals surface area contributed by atoms with Gasteiger partial charge in [0.2, 0.25) is 0 Å². The van der Waals surface area contributed by atoms with Gasteiger partial charge in [-0.15, -0.1) is 0 Å². The van der Waals surface area contributed by atoms with Gasteiger partial charge in [-0.05, 0) is 0 Å². The topological polar surface area (TPSA) is 20.2 Å². The van der Waals surface area contributed by atoms with Crippen LogP contribution in [0.15, 0.2) is 18.0 Å². The van der Waals surface area contributed by atoms with Crippen LogP contribution in [0.5, 0.6) is 5.75 Å². The van der Waals surface area contributed by atoms with Crippen molar-refractivity contribution in [2.45, 2.75) is 6.92 Å². The van der Waals surface area contributed by atoms with Gasteiger partial charge >= 0.3 is 48.2 Å². The fraction of sp³-hybridized carbons (Fsp3) is 0.167. The zero-order chi connectivity index (χ0) is 5.98. The molecule has 0 saturated heterocycles. The predicted octanol–water partition coefficient (Wildman–Crippen LogP) is 1.04. The molecular weight excluding hydrogens is 98.9 g/mol. The minimum absolute atomic E-state index is 0.338. The summed E-state index contributed by atoms with van der Waals surface area (Å²) in [5, 5.41) is 8.81. The molecule has 8 heavy (non-hydrogen) atoms. The van der Waals surface area contributed by atoms with Crippen LogP contribution in [0.1, 0.15) is 5.56 Å². The molecular formula is C6H7BO. The van der Waals surface area contributed by atoms with E-state index in [0.717, 1.165) is 5.56 Å². The predicted molar refractivity (Wildman–Crippen MR) is 34.2 cm³/mol. The summed E-state index contributed by atoms with van der Waals surface area (Å²) < 4.78 is 0. The van der Waals surface area contributed by atoms with Gasteiger partial charge in [0.1, 0.15) is 0 Å². The van der Waals surface area contributed by atoms with E-state index in [1.54, 1.807) is 12.0 Å². The van der Waals surface area contributed by atoms with Gasteiger partial charge in [-0.25, -0.2) is 0 Å². The van der Waals surface area contributed by atoms with Crippen LogP contribution in [0, 0.1) is 6.92 Å². The number of rotatable bonds is 0. The van der Waals surface area contributed by atoms with Gasteiger partial charge in [0, 0.05) is 0 Å². The molecule has 40 valence electrons. The zero-order valence-corrected chi connectivity index (χ0v) is 4.76. The first-order valence-corrected chi connectivity index (χ1v) is 2.54. The van der Waals surface area contributed by atoms with Crippen LogP contribution in [-0.4, -0.2) is 12.0 Å². The number of aryl methyl sites for hydroxylation is 1. The summed E-state index contributed by atoms with van der Waals surface area (Å²) in [4.78, 5) is 0. The first-order chi connectivity index (χ1) is 3.79. The van der Waals surface area contributed by atoms with E-state index in [9.17, 15) is 0 Å². The molecule has 1 nitrogen and oxygen atoms in total. The van der Waals surface area contributed by atoms with Crippen LogP contribution in [0.25, 0.3) is 0 Å². The van der Waals surface area contributed by atoms with E-state index >= 15 is 0 Å². The average Bonchev–Trinajstić information content (AvgIpc) is 1.64. The van der Waals surface area contributed by atoms with Gasteiger partial charge in [0.05, 0.1) is 0 Å². The number of hydrogen-bond donors (Lipinski definition) is 1. The summed E-state index contributed by atoms with van der Waals surface area (Å²) in [6.07, 6.45) is 0. The van der Waals surface area contributed by atoms with Crippen LogP contribution < -0.4 is 0 Å². The van der Waals surface area contributed by atoms with Gasteiger partial charge in [-0.1, -0.05) is 0 Å². The van der Waals surface area contributed by atoms with Gasteiger partial charge in [-0.3, -0.25) is 0 Å². The molecule has 1 rings (SSSR count). The number of hydrogen-bond acceptors (Lipinski definition) is 1. The molecule has 0 unspecified atom stereocenters. The second kappa shape index (κ2) is 1.99. The minimum atomic E-state index is 0.338. The van der Waals surface area contributed by atoms with E-state index in [1.165, 1.54) is 0 Å². The molecule has 0 amide bonds. The second-order valence-corrected chi connectivity index (χ2v) is 1.84. The fourth-order valence-electron chi connectivity index (χ4n) is 0.628. The summed E-state index contributed by atoms with van der Waals surface area (Å²) in [7, 11) is 0. The third kappa shape index (κ3) is 1.09. The molecule has 2 heteroatoms. The van der Waals surface area contributed by atoms with Crippen LogP contribution >= 0.6 is 0 Å². The van der Waals surface area contributed by atoms with Crippen molar-refractivity contribution in [3.8, 4) is 5.75 Å². The SMILES string of the molecule is Cc1cbcc(O)c1. The Morgan fingerprint density at radius 1 is 1.50 bits per heavy atom. The summed E-state index contributed by atoms with van der Waals surface area (Å²) in [5.41, 5.74) is 1.09. The van der Waals surface area contributed by atoms with E-state index in [2.05, 4.69) is 0 Å². The molecule has 0 saturated carbocycles. The Hall–Kier alpha value is -0.785. The van der Waals surface area contributed by atoms with Gasteiger partial charge in [0.25, 0.3) is 0 Å². The normalized spacial score (nSPS) is 8.62. The first kappa shape index (κ1) is 5.35. The van der Waals surface area contributed by atoms with Crippen molar-refractivity contribution in [2.24, 2.45) is 0 Å². The molecule has 0 fully saturated rings. The molecule has 0 spiro atoms. The summed E-state index contributed by atoms with van der Waals surface area (Å²) >= 11 is 0. The molecule has 0 radical (unpaired) electrons. The van der Waals surface area contributed by atoms with E-state index < -0.39 is 0 Å². The quantitative estimate of drug-likeness (QED) is 0.523. The molecule has 1 aromatic heterocycles. The van der Waals surface area contributed by atoms with E-state index in [1.807, 2.05) is 19.8 Å². The third-order valence-corrected chi connectivity index (χ3v) is 1.00. The zero-order valence-electron chi connectivity index (χ0n) is 4.76. The van der Waals surface area contributed by atoms with Crippen LogP contribution in [0.4, 0.5) is 0 Å². The van der Waals surface area contributed by atoms with Crippen molar-refractivity contribution >= 4 is 6.91 Å². The summed E-state index contributed by atoms with van der Waals surface area (Å²) in [6.45, 7) is 3.77. The molecule has 0 atom stereocenters. The van der Waals surface area contributed by atoms with Crippen molar-refractivity contribution in [3.63, 3.8) is 0 Å². The van der Waals surface area contributed by atoms with E-state index in [4.69, 9.17) is 5.11 Å². The Bertz CT molecular complexity index is 168. The Labute approximate surface area is 49.2 Å². The van der Waals surface area contributed by atoms with Crippen molar-refractivity contribution < 1.29 is 5.11 Å². The third-order valence-electron chi connectivity index (χ3n) is 1.00. The Morgan fingerprint density at radius 2 is 2.25 bits per heavy atom. The van der Waals surface area contributed by atoms with Crippen LogP contribution in [0.2, 0.25) is 0 Å². The monoisotopic (exact) mass is 106 g/mol. The molecule has 0 bridgehead atoms. The summed E-state index contributed by atoms with van der Waals surface area (Å²) in [5.74, 6) is 3.94. The standard InChI is InChI=1S/C6H7BO/c1-5-2-6(8)4-7-3-5/h2-4,8H,1H3. The maximum atomic E-state index is 8.81. The van der Waals surface area contributed by atoms with Crippen molar-refractivity contribution in [1.82, 2.24) is 0 Å². The van der Waals surface area contributed by atoms with Crippen LogP contribution in [-0.2, 0) is 0 Å². The van der Waals surface area contributed by atoms with Gasteiger partial charge in [0.15, 0.2) is 0 Å². The van der Waals surface area contributed by atoms with Crippen molar-refractivity contribution in [2.75, 3.05) is 0 Å².